The van der Waals surface area contributed by atoms with Gasteiger partial charge in [-0.15, -0.1) is 0 Å². The molecular formula is C10H9NO. The van der Waals surface area contributed by atoms with Gasteiger partial charge in [0.25, 0.3) is 0 Å². The largest absolute Gasteiger partial charge is 0.324 e. The van der Waals surface area contributed by atoms with Crippen molar-refractivity contribution in [2.24, 2.45) is 0 Å². The summed E-state index contributed by atoms with van der Waals surface area (Å²) in [5.41, 5.74) is 1.84. The Morgan fingerprint density at radius 3 is 3.08 bits per heavy atom. The summed E-state index contributed by atoms with van der Waals surface area (Å²) in [5.74, 6) is 0. The van der Waals surface area contributed by atoms with Crippen molar-refractivity contribution in [1.82, 2.24) is 4.90 Å². The van der Waals surface area contributed by atoms with E-state index in [2.05, 4.69) is 0 Å². The van der Waals surface area contributed by atoms with Gasteiger partial charge in [-0.25, -0.2) is 0 Å². The maximum atomic E-state index is 10.6. The minimum atomic E-state index is 0.744. The van der Waals surface area contributed by atoms with Gasteiger partial charge in [0.1, 0.15) is 6.29 Å². The molecule has 0 radical (unpaired) electrons. The average molecular weight is 159 g/mol. The third-order valence-electron chi connectivity index (χ3n) is 1.97. The molecule has 0 aliphatic carbocycles. The van der Waals surface area contributed by atoms with Gasteiger partial charge in [0.15, 0.2) is 0 Å². The van der Waals surface area contributed by atoms with Gasteiger partial charge in [-0.05, 0) is 18.6 Å². The van der Waals surface area contributed by atoms with Crippen LogP contribution in [0.5, 0.6) is 0 Å². The number of rotatable bonds is 1. The molecule has 0 aromatic rings. The fraction of sp³-hybridized carbons (Fsp3) is 0.100. The molecule has 2 aliphatic rings. The SMILES string of the molecule is O=CC1=C2C=CC=CN2C=CC1. The molecule has 2 heteroatoms. The van der Waals surface area contributed by atoms with Crippen molar-refractivity contribution in [2.45, 2.75) is 6.42 Å². The Labute approximate surface area is 71.2 Å². The van der Waals surface area contributed by atoms with Gasteiger partial charge < -0.3 is 4.90 Å². The van der Waals surface area contributed by atoms with Crippen LogP contribution in [0, 0.1) is 0 Å². The smallest absolute Gasteiger partial charge is 0.148 e. The molecule has 0 bridgehead atoms. The molecule has 0 aromatic heterocycles. The summed E-state index contributed by atoms with van der Waals surface area (Å²) in [5, 5.41) is 0. The molecule has 0 saturated heterocycles. The van der Waals surface area contributed by atoms with Gasteiger partial charge in [0.05, 0.1) is 5.70 Å². The van der Waals surface area contributed by atoms with E-state index >= 15 is 0 Å². The molecule has 0 fully saturated rings. The summed E-state index contributed by atoms with van der Waals surface area (Å²) in [6.07, 6.45) is 13.4. The van der Waals surface area contributed by atoms with Crippen LogP contribution in [-0.4, -0.2) is 11.2 Å². The zero-order valence-electron chi connectivity index (χ0n) is 6.60. The molecule has 0 unspecified atom stereocenters. The molecule has 12 heavy (non-hydrogen) atoms. The third kappa shape index (κ3) is 1.01. The molecule has 0 amide bonds. The topological polar surface area (TPSA) is 20.3 Å². The zero-order chi connectivity index (χ0) is 8.39. The Morgan fingerprint density at radius 2 is 2.25 bits per heavy atom. The molecule has 0 saturated carbocycles. The first-order valence-electron chi connectivity index (χ1n) is 3.90. The first-order valence-corrected chi connectivity index (χ1v) is 3.90. The number of nitrogens with zero attached hydrogens (tertiary/aromatic N) is 1. The van der Waals surface area contributed by atoms with Gasteiger partial charge >= 0.3 is 0 Å². The van der Waals surface area contributed by atoms with E-state index in [1.807, 2.05) is 41.6 Å². The number of carbonyl (C=O) groups is 1. The standard InChI is InChI=1S/C10H9NO/c12-8-9-4-3-7-11-6-2-1-5-10(9)11/h1-3,5-8H,4H2. The Bertz CT molecular complexity index is 321. The lowest BCUT2D eigenvalue weighted by Gasteiger charge is -2.24. The van der Waals surface area contributed by atoms with Gasteiger partial charge in [-0.2, -0.15) is 0 Å². The highest BCUT2D eigenvalue weighted by atomic mass is 16.1. The molecule has 2 rings (SSSR count). The number of hydrogen-bond acceptors (Lipinski definition) is 2. The van der Waals surface area contributed by atoms with E-state index < -0.39 is 0 Å². The van der Waals surface area contributed by atoms with Crippen LogP contribution >= 0.6 is 0 Å². The molecule has 2 heterocycles. The molecule has 0 atom stereocenters. The van der Waals surface area contributed by atoms with Gasteiger partial charge in [0.2, 0.25) is 0 Å². The Balaban J connectivity index is 2.43. The van der Waals surface area contributed by atoms with E-state index in [4.69, 9.17) is 0 Å². The van der Waals surface area contributed by atoms with E-state index in [1.54, 1.807) is 0 Å². The van der Waals surface area contributed by atoms with Crippen LogP contribution in [0.15, 0.2) is 48.0 Å². The Morgan fingerprint density at radius 1 is 1.33 bits per heavy atom. The lowest BCUT2D eigenvalue weighted by atomic mass is 10.1. The number of fused-ring (bicyclic) bond motifs is 1. The van der Waals surface area contributed by atoms with E-state index in [1.165, 1.54) is 0 Å². The van der Waals surface area contributed by atoms with Gasteiger partial charge in [-0.3, -0.25) is 4.79 Å². The number of carbonyl (C=O) groups excluding carboxylic acids is 1. The molecule has 0 aromatic carbocycles. The summed E-state index contributed by atoms with van der Waals surface area (Å²) < 4.78 is 0. The van der Waals surface area contributed by atoms with E-state index in [-0.39, 0.29) is 0 Å². The molecule has 0 spiro atoms. The number of aldehydes is 1. The predicted octanol–water partition coefficient (Wildman–Crippen LogP) is 1.74. The van der Waals surface area contributed by atoms with Crippen LogP contribution in [0.3, 0.4) is 0 Å². The Hall–Kier alpha value is -1.57. The van der Waals surface area contributed by atoms with Crippen LogP contribution in [0.25, 0.3) is 0 Å². The van der Waals surface area contributed by atoms with Crippen LogP contribution < -0.4 is 0 Å². The normalized spacial score (nSPS) is 19.8. The summed E-state index contributed by atoms with van der Waals surface area (Å²) in [7, 11) is 0. The van der Waals surface area contributed by atoms with E-state index in [0.717, 1.165) is 24.0 Å². The molecule has 60 valence electrons. The monoisotopic (exact) mass is 159 g/mol. The first kappa shape index (κ1) is 7.10. The molecule has 2 nitrogen and oxygen atoms in total. The van der Waals surface area contributed by atoms with Crippen LogP contribution in [0.2, 0.25) is 0 Å². The summed E-state index contributed by atoms with van der Waals surface area (Å²) in [6.45, 7) is 0. The van der Waals surface area contributed by atoms with Crippen molar-refractivity contribution in [3.05, 3.63) is 48.0 Å². The highest BCUT2D eigenvalue weighted by Crippen LogP contribution is 2.22. The predicted molar refractivity (Wildman–Crippen MR) is 47.0 cm³/mol. The second-order valence-electron chi connectivity index (χ2n) is 2.73. The fourth-order valence-corrected chi connectivity index (χ4v) is 1.36. The number of hydrogen-bond donors (Lipinski definition) is 0. The van der Waals surface area contributed by atoms with Crippen molar-refractivity contribution in [3.8, 4) is 0 Å². The fourth-order valence-electron chi connectivity index (χ4n) is 1.36. The van der Waals surface area contributed by atoms with Crippen molar-refractivity contribution >= 4 is 6.29 Å². The highest BCUT2D eigenvalue weighted by Gasteiger charge is 2.12. The third-order valence-corrected chi connectivity index (χ3v) is 1.97. The molecule has 2 aliphatic heterocycles. The van der Waals surface area contributed by atoms with Crippen LogP contribution in [0.4, 0.5) is 0 Å². The second-order valence-corrected chi connectivity index (χ2v) is 2.73. The Kier molecular flexibility index (Phi) is 1.67. The zero-order valence-corrected chi connectivity index (χ0v) is 6.60. The van der Waals surface area contributed by atoms with E-state index in [0.29, 0.717) is 0 Å². The molecule has 0 N–H and O–H groups in total. The van der Waals surface area contributed by atoms with Crippen LogP contribution in [-0.2, 0) is 4.79 Å². The lowest BCUT2D eigenvalue weighted by Crippen LogP contribution is -2.15. The summed E-state index contributed by atoms with van der Waals surface area (Å²) in [4.78, 5) is 12.6. The minimum absolute atomic E-state index is 0.744. The van der Waals surface area contributed by atoms with E-state index in [9.17, 15) is 4.79 Å². The summed E-state index contributed by atoms with van der Waals surface area (Å²) >= 11 is 0. The van der Waals surface area contributed by atoms with Gasteiger partial charge in [-0.1, -0.05) is 12.2 Å². The second kappa shape index (κ2) is 2.81. The lowest BCUT2D eigenvalue weighted by molar-refractivity contribution is -0.105. The minimum Gasteiger partial charge on any atom is -0.324 e. The van der Waals surface area contributed by atoms with Crippen molar-refractivity contribution in [1.29, 1.82) is 0 Å². The van der Waals surface area contributed by atoms with Crippen molar-refractivity contribution in [3.63, 3.8) is 0 Å². The highest BCUT2D eigenvalue weighted by molar-refractivity contribution is 5.76. The van der Waals surface area contributed by atoms with Crippen molar-refractivity contribution < 1.29 is 4.79 Å². The maximum Gasteiger partial charge on any atom is 0.148 e. The average Bonchev–Trinajstić information content (AvgIpc) is 2.17. The molecular weight excluding hydrogens is 150 g/mol. The first-order chi connectivity index (χ1) is 5.92. The maximum absolute atomic E-state index is 10.6. The van der Waals surface area contributed by atoms with Gasteiger partial charge in [0, 0.05) is 18.0 Å². The number of allylic oxidation sites excluding steroid dienone is 5. The van der Waals surface area contributed by atoms with Crippen molar-refractivity contribution in [2.75, 3.05) is 0 Å². The summed E-state index contributed by atoms with van der Waals surface area (Å²) in [6, 6.07) is 0. The quantitative estimate of drug-likeness (QED) is 0.543. The van der Waals surface area contributed by atoms with Crippen LogP contribution in [0.1, 0.15) is 6.42 Å².